The van der Waals surface area contributed by atoms with Crippen molar-refractivity contribution >= 4 is 34.0 Å². The fraction of sp³-hybridized carbons (Fsp3) is 0.381. The smallest absolute Gasteiger partial charge is 0.261 e. The highest BCUT2D eigenvalue weighted by Crippen LogP contribution is 2.47. The minimum Gasteiger partial charge on any atom is -0.274 e. The average molecular weight is 334 g/mol. The van der Waals surface area contributed by atoms with Crippen LogP contribution in [0, 0.1) is 0 Å². The molecule has 2 aromatic rings. The standard InChI is InChI=1S/C21H22N2O2/c1-5-6-10-23-19(24)14-9-7-8-13-17(14)15(20(23)25)11-16-18(13)22-12(2)21(16,3)4/h7-9,11H,5-6,10H2,1-4H3. The van der Waals surface area contributed by atoms with E-state index in [0.717, 1.165) is 40.6 Å². The minimum absolute atomic E-state index is 0.176. The van der Waals surface area contributed by atoms with Crippen LogP contribution in [0.25, 0.3) is 10.8 Å². The number of amides is 2. The molecular formula is C21H22N2O2. The third kappa shape index (κ3) is 2.03. The van der Waals surface area contributed by atoms with E-state index >= 15 is 0 Å². The Labute approximate surface area is 147 Å². The second-order valence-corrected chi connectivity index (χ2v) is 7.49. The molecule has 128 valence electrons. The second-order valence-electron chi connectivity index (χ2n) is 7.49. The zero-order valence-electron chi connectivity index (χ0n) is 15.1. The molecule has 4 nitrogen and oxygen atoms in total. The Morgan fingerprint density at radius 2 is 1.84 bits per heavy atom. The van der Waals surface area contributed by atoms with E-state index in [-0.39, 0.29) is 17.2 Å². The van der Waals surface area contributed by atoms with Crippen LogP contribution in [0.3, 0.4) is 0 Å². The summed E-state index contributed by atoms with van der Waals surface area (Å²) in [5.74, 6) is -0.361. The van der Waals surface area contributed by atoms with E-state index < -0.39 is 0 Å². The Morgan fingerprint density at radius 3 is 2.56 bits per heavy atom. The predicted octanol–water partition coefficient (Wildman–Crippen LogP) is 4.62. The van der Waals surface area contributed by atoms with E-state index in [1.54, 1.807) is 0 Å². The van der Waals surface area contributed by atoms with Gasteiger partial charge in [0.2, 0.25) is 0 Å². The highest BCUT2D eigenvalue weighted by atomic mass is 16.2. The quantitative estimate of drug-likeness (QED) is 0.769. The van der Waals surface area contributed by atoms with Crippen LogP contribution < -0.4 is 0 Å². The number of fused-ring (bicyclic) bond motifs is 2. The van der Waals surface area contributed by atoms with Gasteiger partial charge in [0.25, 0.3) is 11.8 Å². The molecule has 0 aliphatic carbocycles. The van der Waals surface area contributed by atoms with Crippen LogP contribution in [0.4, 0.5) is 5.69 Å². The largest absolute Gasteiger partial charge is 0.274 e. The average Bonchev–Trinajstić information content (AvgIpc) is 2.82. The van der Waals surface area contributed by atoms with Crippen LogP contribution in [0.15, 0.2) is 29.3 Å². The lowest BCUT2D eigenvalue weighted by Gasteiger charge is -2.29. The van der Waals surface area contributed by atoms with Gasteiger partial charge in [-0.05, 0) is 31.0 Å². The molecule has 0 atom stereocenters. The lowest BCUT2D eigenvalue weighted by atomic mass is 9.79. The molecule has 2 amide bonds. The van der Waals surface area contributed by atoms with Crippen LogP contribution in [-0.2, 0) is 5.41 Å². The van der Waals surface area contributed by atoms with Gasteiger partial charge in [0.15, 0.2) is 0 Å². The van der Waals surface area contributed by atoms with Gasteiger partial charge in [-0.2, -0.15) is 0 Å². The maximum absolute atomic E-state index is 13.1. The molecule has 0 fully saturated rings. The molecule has 0 N–H and O–H groups in total. The molecular weight excluding hydrogens is 312 g/mol. The maximum atomic E-state index is 13.1. The van der Waals surface area contributed by atoms with Crippen molar-refractivity contribution in [1.82, 2.24) is 4.90 Å². The summed E-state index contributed by atoms with van der Waals surface area (Å²) in [7, 11) is 0. The van der Waals surface area contributed by atoms with Gasteiger partial charge in [-0.25, -0.2) is 0 Å². The van der Waals surface area contributed by atoms with Gasteiger partial charge in [-0.3, -0.25) is 19.5 Å². The normalized spacial score (nSPS) is 17.9. The fourth-order valence-corrected chi connectivity index (χ4v) is 3.82. The van der Waals surface area contributed by atoms with E-state index in [0.29, 0.717) is 17.7 Å². The van der Waals surface area contributed by atoms with Crippen molar-refractivity contribution in [3.8, 4) is 0 Å². The van der Waals surface area contributed by atoms with Gasteiger partial charge >= 0.3 is 0 Å². The summed E-state index contributed by atoms with van der Waals surface area (Å²) in [5.41, 5.74) is 4.06. The number of aliphatic imine (C=N–C) groups is 1. The zero-order valence-corrected chi connectivity index (χ0v) is 15.1. The lowest BCUT2D eigenvalue weighted by molar-refractivity contribution is 0.0608. The van der Waals surface area contributed by atoms with Crippen LogP contribution in [0.5, 0.6) is 0 Å². The summed E-state index contributed by atoms with van der Waals surface area (Å²) in [6, 6.07) is 7.66. The topological polar surface area (TPSA) is 49.7 Å². The molecule has 25 heavy (non-hydrogen) atoms. The summed E-state index contributed by atoms with van der Waals surface area (Å²) >= 11 is 0. The molecule has 0 saturated carbocycles. The number of rotatable bonds is 3. The number of carbonyl (C=O) groups excluding carboxylic acids is 2. The molecule has 2 heterocycles. The number of hydrogen-bond acceptors (Lipinski definition) is 3. The van der Waals surface area contributed by atoms with Gasteiger partial charge in [-0.15, -0.1) is 0 Å². The Morgan fingerprint density at radius 1 is 1.12 bits per heavy atom. The second kappa shape index (κ2) is 5.25. The molecule has 4 rings (SSSR count). The Hall–Kier alpha value is -2.49. The zero-order chi connectivity index (χ0) is 17.9. The first-order chi connectivity index (χ1) is 11.9. The van der Waals surface area contributed by atoms with Crippen molar-refractivity contribution < 1.29 is 9.59 Å². The minimum atomic E-state index is -0.202. The molecule has 2 aliphatic rings. The fourth-order valence-electron chi connectivity index (χ4n) is 3.82. The number of benzene rings is 2. The third-order valence-corrected chi connectivity index (χ3v) is 5.68. The predicted molar refractivity (Wildman–Crippen MR) is 100 cm³/mol. The number of carbonyl (C=O) groups is 2. The van der Waals surface area contributed by atoms with Crippen molar-refractivity contribution in [2.75, 3.05) is 6.54 Å². The van der Waals surface area contributed by atoms with Crippen LogP contribution >= 0.6 is 0 Å². The molecule has 4 heteroatoms. The number of nitrogens with zero attached hydrogens (tertiary/aromatic N) is 2. The Bertz CT molecular complexity index is 970. The van der Waals surface area contributed by atoms with Gasteiger partial charge in [0, 0.05) is 39.6 Å². The van der Waals surface area contributed by atoms with Crippen molar-refractivity contribution in [3.63, 3.8) is 0 Å². The van der Waals surface area contributed by atoms with Gasteiger partial charge in [-0.1, -0.05) is 39.3 Å². The molecule has 0 aromatic heterocycles. The molecule has 0 saturated heterocycles. The van der Waals surface area contributed by atoms with E-state index in [1.807, 2.05) is 31.2 Å². The van der Waals surface area contributed by atoms with Crippen LogP contribution in [-0.4, -0.2) is 29.0 Å². The summed E-state index contributed by atoms with van der Waals surface area (Å²) in [6.07, 6.45) is 1.76. The van der Waals surface area contributed by atoms with Gasteiger partial charge < -0.3 is 0 Å². The van der Waals surface area contributed by atoms with Crippen LogP contribution in [0.1, 0.15) is 66.8 Å². The molecule has 2 aliphatic heterocycles. The Kier molecular flexibility index (Phi) is 3.36. The number of imide groups is 1. The highest BCUT2D eigenvalue weighted by Gasteiger charge is 2.39. The van der Waals surface area contributed by atoms with Crippen molar-refractivity contribution in [3.05, 3.63) is 41.0 Å². The maximum Gasteiger partial charge on any atom is 0.261 e. The summed E-state index contributed by atoms with van der Waals surface area (Å²) in [6.45, 7) is 8.82. The van der Waals surface area contributed by atoms with E-state index in [4.69, 9.17) is 4.99 Å². The monoisotopic (exact) mass is 334 g/mol. The van der Waals surface area contributed by atoms with Gasteiger partial charge in [0.1, 0.15) is 0 Å². The first-order valence-corrected chi connectivity index (χ1v) is 8.90. The summed E-state index contributed by atoms with van der Waals surface area (Å²) in [4.78, 5) is 32.1. The summed E-state index contributed by atoms with van der Waals surface area (Å²) < 4.78 is 0. The Balaban J connectivity index is 2.02. The third-order valence-electron chi connectivity index (χ3n) is 5.68. The molecule has 0 bridgehead atoms. The van der Waals surface area contributed by atoms with E-state index in [1.165, 1.54) is 4.90 Å². The molecule has 0 unspecified atom stereocenters. The van der Waals surface area contributed by atoms with Crippen LogP contribution in [0.2, 0.25) is 0 Å². The van der Waals surface area contributed by atoms with E-state index in [9.17, 15) is 9.59 Å². The lowest BCUT2D eigenvalue weighted by Crippen LogP contribution is -2.41. The van der Waals surface area contributed by atoms with Gasteiger partial charge in [0.05, 0.1) is 5.69 Å². The number of hydrogen-bond donors (Lipinski definition) is 0. The summed E-state index contributed by atoms with van der Waals surface area (Å²) in [5, 5.41) is 1.67. The SMILES string of the molecule is CCCCN1C(=O)c2cccc3c4c(cc(c23)C1=O)C(C)(C)C(C)=N4. The molecule has 0 radical (unpaired) electrons. The van der Waals surface area contributed by atoms with Crippen molar-refractivity contribution in [1.29, 1.82) is 0 Å². The first-order valence-electron chi connectivity index (χ1n) is 8.90. The highest BCUT2D eigenvalue weighted by molar-refractivity contribution is 6.27. The first kappa shape index (κ1) is 16.0. The van der Waals surface area contributed by atoms with Crippen molar-refractivity contribution in [2.45, 2.75) is 46.0 Å². The number of unbranched alkanes of at least 4 members (excludes halogenated alkanes) is 1. The van der Waals surface area contributed by atoms with E-state index in [2.05, 4.69) is 20.8 Å². The molecule has 0 spiro atoms. The molecule has 2 aromatic carbocycles. The van der Waals surface area contributed by atoms with Crippen molar-refractivity contribution in [2.24, 2.45) is 4.99 Å².